The number of rotatable bonds is 3. The summed E-state index contributed by atoms with van der Waals surface area (Å²) in [5.74, 6) is 0.456. The average Bonchev–Trinajstić information content (AvgIpc) is 2.40. The van der Waals surface area contributed by atoms with Gasteiger partial charge in [0.2, 0.25) is 0 Å². The standard InChI is InChI=1S/C15H14BrNO2/c1-9-3-5-11(17)8-12(9)15(18)13-7-10(16)4-6-14(13)19-2/h3-8H,17H2,1-2H3. The van der Waals surface area contributed by atoms with E-state index < -0.39 is 0 Å². The second-order valence-electron chi connectivity index (χ2n) is 4.25. The van der Waals surface area contributed by atoms with Crippen LogP contribution in [0.1, 0.15) is 21.5 Å². The van der Waals surface area contributed by atoms with Crippen molar-refractivity contribution in [2.24, 2.45) is 0 Å². The lowest BCUT2D eigenvalue weighted by molar-refractivity contribution is 0.103. The SMILES string of the molecule is COc1ccc(Br)cc1C(=O)c1cc(N)ccc1C. The van der Waals surface area contributed by atoms with Crippen LogP contribution < -0.4 is 10.5 Å². The van der Waals surface area contributed by atoms with E-state index >= 15 is 0 Å². The summed E-state index contributed by atoms with van der Waals surface area (Å²) in [6, 6.07) is 10.7. The van der Waals surface area contributed by atoms with Gasteiger partial charge in [-0.3, -0.25) is 4.79 Å². The minimum Gasteiger partial charge on any atom is -0.496 e. The number of aryl methyl sites for hydroxylation is 1. The quantitative estimate of drug-likeness (QED) is 0.695. The minimum absolute atomic E-state index is 0.0945. The molecule has 2 aromatic carbocycles. The maximum atomic E-state index is 12.6. The van der Waals surface area contributed by atoms with Gasteiger partial charge >= 0.3 is 0 Å². The number of methoxy groups -OCH3 is 1. The fourth-order valence-corrected chi connectivity index (χ4v) is 2.25. The van der Waals surface area contributed by atoms with Crippen LogP contribution in [0.3, 0.4) is 0 Å². The highest BCUT2D eigenvalue weighted by Crippen LogP contribution is 2.27. The summed E-state index contributed by atoms with van der Waals surface area (Å²) in [5.41, 5.74) is 8.33. The number of nitrogen functional groups attached to an aromatic ring is 1. The van der Waals surface area contributed by atoms with Gasteiger partial charge in [-0.1, -0.05) is 22.0 Å². The molecule has 0 unspecified atom stereocenters. The normalized spacial score (nSPS) is 10.3. The molecule has 0 aliphatic heterocycles. The summed E-state index contributed by atoms with van der Waals surface area (Å²) >= 11 is 3.37. The number of benzene rings is 2. The van der Waals surface area contributed by atoms with E-state index in [2.05, 4.69) is 15.9 Å². The van der Waals surface area contributed by atoms with Crippen molar-refractivity contribution in [3.63, 3.8) is 0 Å². The molecular weight excluding hydrogens is 306 g/mol. The largest absolute Gasteiger partial charge is 0.496 e. The van der Waals surface area contributed by atoms with E-state index in [0.717, 1.165) is 10.0 Å². The molecular formula is C15H14BrNO2. The molecule has 0 saturated heterocycles. The lowest BCUT2D eigenvalue weighted by Gasteiger charge is -2.10. The van der Waals surface area contributed by atoms with Crippen molar-refractivity contribution in [2.45, 2.75) is 6.92 Å². The van der Waals surface area contributed by atoms with Gasteiger partial charge in [0.1, 0.15) is 5.75 Å². The monoisotopic (exact) mass is 319 g/mol. The zero-order valence-corrected chi connectivity index (χ0v) is 12.3. The molecule has 0 amide bonds. The maximum Gasteiger partial charge on any atom is 0.197 e. The molecule has 2 rings (SSSR count). The predicted molar refractivity (Wildman–Crippen MR) is 79.7 cm³/mol. The van der Waals surface area contributed by atoms with E-state index in [4.69, 9.17) is 10.5 Å². The zero-order chi connectivity index (χ0) is 14.0. The van der Waals surface area contributed by atoms with Crippen LogP contribution in [0, 0.1) is 6.92 Å². The van der Waals surface area contributed by atoms with Gasteiger partial charge in [-0.15, -0.1) is 0 Å². The first kappa shape index (κ1) is 13.6. The van der Waals surface area contributed by atoms with E-state index in [1.54, 1.807) is 31.4 Å². The Morgan fingerprint density at radius 3 is 2.58 bits per heavy atom. The number of ether oxygens (including phenoxy) is 1. The van der Waals surface area contributed by atoms with Crippen molar-refractivity contribution in [1.82, 2.24) is 0 Å². The fraction of sp³-hybridized carbons (Fsp3) is 0.133. The summed E-state index contributed by atoms with van der Waals surface area (Å²) in [6.45, 7) is 1.89. The Kier molecular flexibility index (Phi) is 3.90. The molecule has 0 spiro atoms. The maximum absolute atomic E-state index is 12.6. The van der Waals surface area contributed by atoms with Crippen molar-refractivity contribution in [3.05, 3.63) is 57.6 Å². The number of ketones is 1. The van der Waals surface area contributed by atoms with Gasteiger partial charge in [0.05, 0.1) is 12.7 Å². The van der Waals surface area contributed by atoms with Crippen LogP contribution in [0.5, 0.6) is 5.75 Å². The highest BCUT2D eigenvalue weighted by atomic mass is 79.9. The molecule has 0 aliphatic rings. The third kappa shape index (κ3) is 2.79. The predicted octanol–water partition coefficient (Wildman–Crippen LogP) is 3.58. The smallest absolute Gasteiger partial charge is 0.197 e. The number of halogens is 1. The van der Waals surface area contributed by atoms with E-state index in [0.29, 0.717) is 22.6 Å². The Morgan fingerprint density at radius 2 is 1.89 bits per heavy atom. The van der Waals surface area contributed by atoms with Crippen LogP contribution in [-0.4, -0.2) is 12.9 Å². The second kappa shape index (κ2) is 5.45. The molecule has 0 heterocycles. The van der Waals surface area contributed by atoms with Crippen molar-refractivity contribution in [1.29, 1.82) is 0 Å². The number of carbonyl (C=O) groups is 1. The van der Waals surface area contributed by atoms with Gasteiger partial charge in [0.15, 0.2) is 5.78 Å². The highest BCUT2D eigenvalue weighted by Gasteiger charge is 2.17. The van der Waals surface area contributed by atoms with Gasteiger partial charge in [0.25, 0.3) is 0 Å². The van der Waals surface area contributed by atoms with Crippen molar-refractivity contribution in [3.8, 4) is 5.75 Å². The van der Waals surface area contributed by atoms with Crippen LogP contribution in [0.2, 0.25) is 0 Å². The summed E-state index contributed by atoms with van der Waals surface area (Å²) in [6.07, 6.45) is 0. The van der Waals surface area contributed by atoms with E-state index in [-0.39, 0.29) is 5.78 Å². The molecule has 2 aromatic rings. The Morgan fingerprint density at radius 1 is 1.16 bits per heavy atom. The second-order valence-corrected chi connectivity index (χ2v) is 5.16. The molecule has 3 nitrogen and oxygen atoms in total. The van der Waals surface area contributed by atoms with Crippen LogP contribution in [0.25, 0.3) is 0 Å². The Labute approximate surface area is 120 Å². The third-order valence-corrected chi connectivity index (χ3v) is 3.41. The number of nitrogens with two attached hydrogens (primary N) is 1. The van der Waals surface area contributed by atoms with Gasteiger partial charge in [-0.25, -0.2) is 0 Å². The number of hydrogen-bond donors (Lipinski definition) is 1. The molecule has 0 saturated carbocycles. The average molecular weight is 320 g/mol. The topological polar surface area (TPSA) is 52.3 Å². The molecule has 98 valence electrons. The lowest BCUT2D eigenvalue weighted by Crippen LogP contribution is -2.06. The first-order valence-electron chi connectivity index (χ1n) is 5.77. The van der Waals surface area contributed by atoms with E-state index in [1.807, 2.05) is 19.1 Å². The Balaban J connectivity index is 2.55. The number of anilines is 1. The van der Waals surface area contributed by atoms with Gasteiger partial charge < -0.3 is 10.5 Å². The Hall–Kier alpha value is -1.81. The zero-order valence-electron chi connectivity index (χ0n) is 10.7. The summed E-state index contributed by atoms with van der Waals surface area (Å²) in [5, 5.41) is 0. The molecule has 4 heteroatoms. The van der Waals surface area contributed by atoms with Crippen molar-refractivity contribution < 1.29 is 9.53 Å². The molecule has 0 atom stereocenters. The van der Waals surface area contributed by atoms with Crippen LogP contribution in [0.15, 0.2) is 40.9 Å². The molecule has 0 bridgehead atoms. The van der Waals surface area contributed by atoms with Gasteiger partial charge in [-0.2, -0.15) is 0 Å². The van der Waals surface area contributed by atoms with Crippen LogP contribution >= 0.6 is 15.9 Å². The van der Waals surface area contributed by atoms with Crippen LogP contribution in [0.4, 0.5) is 5.69 Å². The molecule has 2 N–H and O–H groups in total. The molecule has 0 aromatic heterocycles. The van der Waals surface area contributed by atoms with Gasteiger partial charge in [0, 0.05) is 15.7 Å². The molecule has 0 aliphatic carbocycles. The molecule has 0 fully saturated rings. The summed E-state index contributed by atoms with van der Waals surface area (Å²) in [7, 11) is 1.55. The highest BCUT2D eigenvalue weighted by molar-refractivity contribution is 9.10. The van der Waals surface area contributed by atoms with Crippen molar-refractivity contribution in [2.75, 3.05) is 12.8 Å². The van der Waals surface area contributed by atoms with Gasteiger partial charge in [-0.05, 0) is 42.8 Å². The number of carbonyl (C=O) groups excluding carboxylic acids is 1. The van der Waals surface area contributed by atoms with Crippen LogP contribution in [-0.2, 0) is 0 Å². The fourth-order valence-electron chi connectivity index (χ4n) is 1.89. The van der Waals surface area contributed by atoms with Crippen molar-refractivity contribution >= 4 is 27.4 Å². The molecule has 0 radical (unpaired) electrons. The number of hydrogen-bond acceptors (Lipinski definition) is 3. The van der Waals surface area contributed by atoms with E-state index in [1.165, 1.54) is 0 Å². The summed E-state index contributed by atoms with van der Waals surface area (Å²) < 4.78 is 6.07. The minimum atomic E-state index is -0.0945. The Bertz CT molecular complexity index is 638. The molecule has 19 heavy (non-hydrogen) atoms. The summed E-state index contributed by atoms with van der Waals surface area (Å²) in [4.78, 5) is 12.6. The first-order chi connectivity index (χ1) is 9.02. The van der Waals surface area contributed by atoms with E-state index in [9.17, 15) is 4.79 Å². The third-order valence-electron chi connectivity index (χ3n) is 2.91. The lowest BCUT2D eigenvalue weighted by atomic mass is 9.98. The first-order valence-corrected chi connectivity index (χ1v) is 6.56.